The Balaban J connectivity index is 2.87. The van der Waals surface area contributed by atoms with Crippen molar-refractivity contribution in [3.05, 3.63) is 18.2 Å². The first-order valence-corrected chi connectivity index (χ1v) is 4.52. The van der Waals surface area contributed by atoms with Crippen LogP contribution in [0.2, 0.25) is 0 Å². The zero-order valence-corrected chi connectivity index (χ0v) is 8.22. The molecule has 0 aromatic carbocycles. The molecule has 1 aromatic heterocycles. The van der Waals surface area contributed by atoms with Gasteiger partial charge in [-0.25, -0.2) is 4.98 Å². The van der Waals surface area contributed by atoms with Crippen LogP contribution < -0.4 is 5.73 Å². The van der Waals surface area contributed by atoms with E-state index in [1.54, 1.807) is 12.5 Å². The summed E-state index contributed by atoms with van der Waals surface area (Å²) in [5, 5.41) is 8.94. The van der Waals surface area contributed by atoms with Crippen LogP contribution in [0, 0.1) is 12.3 Å². The van der Waals surface area contributed by atoms with E-state index in [0.717, 1.165) is 5.69 Å². The fourth-order valence-electron chi connectivity index (χ4n) is 1.33. The van der Waals surface area contributed by atoms with Gasteiger partial charge in [0.2, 0.25) is 0 Å². The van der Waals surface area contributed by atoms with Crippen LogP contribution in [0.3, 0.4) is 0 Å². The van der Waals surface area contributed by atoms with E-state index in [-0.39, 0.29) is 12.6 Å². The Morgan fingerprint density at radius 3 is 3.07 bits per heavy atom. The summed E-state index contributed by atoms with van der Waals surface area (Å²) >= 11 is 0. The molecule has 1 rings (SSSR count). The Labute approximate surface area is 83.8 Å². The number of aromatic nitrogens is 2. The van der Waals surface area contributed by atoms with E-state index >= 15 is 0 Å². The molecule has 0 aliphatic heterocycles. The van der Waals surface area contributed by atoms with Gasteiger partial charge < -0.3 is 15.4 Å². The van der Waals surface area contributed by atoms with Crippen LogP contribution in [0.15, 0.2) is 12.5 Å². The number of terminal acetylenes is 1. The van der Waals surface area contributed by atoms with Crippen molar-refractivity contribution in [3.63, 3.8) is 0 Å². The summed E-state index contributed by atoms with van der Waals surface area (Å²) in [5.74, 6) is 2.59. The third-order valence-electron chi connectivity index (χ3n) is 2.16. The molecule has 4 heteroatoms. The summed E-state index contributed by atoms with van der Waals surface area (Å²) in [5.41, 5.74) is 6.53. The zero-order valence-electron chi connectivity index (χ0n) is 8.22. The van der Waals surface area contributed by atoms with Crippen molar-refractivity contribution in [1.82, 2.24) is 9.55 Å². The minimum atomic E-state index is -0.391. The maximum absolute atomic E-state index is 8.94. The summed E-state index contributed by atoms with van der Waals surface area (Å²) in [7, 11) is 0. The largest absolute Gasteiger partial charge is 0.394 e. The van der Waals surface area contributed by atoms with E-state index in [0.29, 0.717) is 6.42 Å². The quantitative estimate of drug-likeness (QED) is 0.683. The third-order valence-corrected chi connectivity index (χ3v) is 2.16. The second kappa shape index (κ2) is 4.80. The van der Waals surface area contributed by atoms with Gasteiger partial charge in [0.1, 0.15) is 0 Å². The highest BCUT2D eigenvalue weighted by Crippen LogP contribution is 2.17. The molecule has 0 radical (unpaired) electrons. The van der Waals surface area contributed by atoms with Crippen LogP contribution in [-0.2, 0) is 0 Å². The Morgan fingerprint density at radius 2 is 2.50 bits per heavy atom. The molecule has 0 bridgehead atoms. The van der Waals surface area contributed by atoms with E-state index in [2.05, 4.69) is 10.9 Å². The summed E-state index contributed by atoms with van der Waals surface area (Å²) in [6.07, 6.45) is 9.20. The number of rotatable bonds is 4. The molecule has 0 aliphatic carbocycles. The number of aliphatic hydroxyl groups is 1. The van der Waals surface area contributed by atoms with Gasteiger partial charge in [0.15, 0.2) is 0 Å². The zero-order chi connectivity index (χ0) is 10.6. The summed E-state index contributed by atoms with van der Waals surface area (Å²) in [6.45, 7) is 1.91. The van der Waals surface area contributed by atoms with Gasteiger partial charge in [-0.2, -0.15) is 0 Å². The number of hydrogen-bond acceptors (Lipinski definition) is 3. The molecule has 14 heavy (non-hydrogen) atoms. The Bertz CT molecular complexity index is 326. The molecule has 76 valence electrons. The number of imidazole rings is 1. The molecular formula is C10H15N3O. The van der Waals surface area contributed by atoms with Gasteiger partial charge >= 0.3 is 0 Å². The first kappa shape index (κ1) is 10.8. The fourth-order valence-corrected chi connectivity index (χ4v) is 1.33. The molecule has 4 nitrogen and oxygen atoms in total. The van der Waals surface area contributed by atoms with Gasteiger partial charge in [0.25, 0.3) is 0 Å². The SMILES string of the molecule is C#CCC(C)n1cncc1C(N)CO. The molecule has 0 saturated carbocycles. The van der Waals surface area contributed by atoms with Crippen molar-refractivity contribution in [2.45, 2.75) is 25.4 Å². The minimum Gasteiger partial charge on any atom is -0.394 e. The van der Waals surface area contributed by atoms with E-state index < -0.39 is 6.04 Å². The van der Waals surface area contributed by atoms with Crippen molar-refractivity contribution in [2.75, 3.05) is 6.61 Å². The second-order valence-electron chi connectivity index (χ2n) is 3.27. The number of nitrogens with two attached hydrogens (primary N) is 1. The number of aliphatic hydroxyl groups excluding tert-OH is 1. The van der Waals surface area contributed by atoms with Crippen LogP contribution in [-0.4, -0.2) is 21.3 Å². The normalized spacial score (nSPS) is 14.7. The number of nitrogens with zero attached hydrogens (tertiary/aromatic N) is 2. The van der Waals surface area contributed by atoms with Crippen molar-refractivity contribution >= 4 is 0 Å². The lowest BCUT2D eigenvalue weighted by molar-refractivity contribution is 0.261. The maximum Gasteiger partial charge on any atom is 0.0951 e. The molecule has 2 atom stereocenters. The van der Waals surface area contributed by atoms with Crippen molar-refractivity contribution in [2.24, 2.45) is 5.73 Å². The summed E-state index contributed by atoms with van der Waals surface area (Å²) < 4.78 is 1.90. The molecule has 1 heterocycles. The Hall–Kier alpha value is -1.31. The van der Waals surface area contributed by atoms with Gasteiger partial charge in [-0.3, -0.25) is 0 Å². The fraction of sp³-hybridized carbons (Fsp3) is 0.500. The molecule has 0 fully saturated rings. The van der Waals surface area contributed by atoms with Crippen LogP contribution in [0.4, 0.5) is 0 Å². The average molecular weight is 193 g/mol. The highest BCUT2D eigenvalue weighted by Gasteiger charge is 2.13. The Kier molecular flexibility index (Phi) is 3.69. The van der Waals surface area contributed by atoms with E-state index in [9.17, 15) is 0 Å². The monoisotopic (exact) mass is 193 g/mol. The first-order valence-electron chi connectivity index (χ1n) is 4.52. The minimum absolute atomic E-state index is 0.0888. The predicted octanol–water partition coefficient (Wildman–Crippen LogP) is 0.459. The summed E-state index contributed by atoms with van der Waals surface area (Å²) in [6, 6.07) is -0.229. The van der Waals surface area contributed by atoms with Crippen LogP contribution in [0.5, 0.6) is 0 Å². The Morgan fingerprint density at radius 1 is 1.79 bits per heavy atom. The van der Waals surface area contributed by atoms with Crippen molar-refractivity contribution in [1.29, 1.82) is 0 Å². The molecule has 0 amide bonds. The van der Waals surface area contributed by atoms with Crippen molar-refractivity contribution < 1.29 is 5.11 Å². The van der Waals surface area contributed by atoms with Gasteiger partial charge in [-0.15, -0.1) is 12.3 Å². The average Bonchev–Trinajstić information content (AvgIpc) is 2.65. The lowest BCUT2D eigenvalue weighted by Crippen LogP contribution is -2.20. The number of hydrogen-bond donors (Lipinski definition) is 2. The molecule has 2 unspecified atom stereocenters. The molecular weight excluding hydrogens is 178 g/mol. The molecule has 0 aliphatic rings. The summed E-state index contributed by atoms with van der Waals surface area (Å²) in [4.78, 5) is 4.00. The highest BCUT2D eigenvalue weighted by atomic mass is 16.3. The molecule has 0 saturated heterocycles. The van der Waals surface area contributed by atoms with Crippen molar-refractivity contribution in [3.8, 4) is 12.3 Å². The smallest absolute Gasteiger partial charge is 0.0951 e. The van der Waals surface area contributed by atoms with E-state index in [4.69, 9.17) is 17.3 Å². The standard InChI is InChI=1S/C10H15N3O/c1-3-4-8(2)13-7-12-5-10(13)9(11)6-14/h1,5,7-9,14H,4,6,11H2,2H3. The predicted molar refractivity (Wildman–Crippen MR) is 54.4 cm³/mol. The topological polar surface area (TPSA) is 64.1 Å². The molecule has 1 aromatic rings. The second-order valence-corrected chi connectivity index (χ2v) is 3.27. The lowest BCUT2D eigenvalue weighted by Gasteiger charge is -2.16. The van der Waals surface area contributed by atoms with Gasteiger partial charge in [-0.1, -0.05) is 0 Å². The maximum atomic E-state index is 8.94. The van der Waals surface area contributed by atoms with Crippen LogP contribution >= 0.6 is 0 Å². The first-order chi connectivity index (χ1) is 6.70. The van der Waals surface area contributed by atoms with E-state index in [1.807, 2.05) is 11.5 Å². The van der Waals surface area contributed by atoms with Gasteiger partial charge in [-0.05, 0) is 6.92 Å². The van der Waals surface area contributed by atoms with Crippen LogP contribution in [0.25, 0.3) is 0 Å². The van der Waals surface area contributed by atoms with Crippen LogP contribution in [0.1, 0.15) is 31.1 Å². The third kappa shape index (κ3) is 2.13. The highest BCUT2D eigenvalue weighted by molar-refractivity contribution is 5.07. The molecule has 0 spiro atoms. The van der Waals surface area contributed by atoms with Gasteiger partial charge in [0.05, 0.1) is 24.7 Å². The molecule has 3 N–H and O–H groups in total. The van der Waals surface area contributed by atoms with E-state index in [1.165, 1.54) is 0 Å². The lowest BCUT2D eigenvalue weighted by atomic mass is 10.2. The van der Waals surface area contributed by atoms with Gasteiger partial charge in [0, 0.05) is 18.7 Å².